The van der Waals surface area contributed by atoms with Crippen molar-refractivity contribution in [3.8, 4) is 11.1 Å². The number of nitrogens with zero attached hydrogens (tertiary/aromatic N) is 5. The maximum Gasteiger partial charge on any atom is 0.225 e. The average Bonchev–Trinajstić information content (AvgIpc) is 2.59. The Bertz CT molecular complexity index is 813. The summed E-state index contributed by atoms with van der Waals surface area (Å²) in [6, 6.07) is 4.91. The normalized spacial score (nSPS) is 17.7. The van der Waals surface area contributed by atoms with E-state index in [2.05, 4.69) is 20.0 Å². The summed E-state index contributed by atoms with van der Waals surface area (Å²) in [6.45, 7) is 2.76. The van der Waals surface area contributed by atoms with Crippen molar-refractivity contribution >= 4 is 11.7 Å². The van der Waals surface area contributed by atoms with E-state index in [4.69, 9.17) is 4.84 Å². The Morgan fingerprint density at radius 1 is 1.27 bits per heavy atom. The highest BCUT2D eigenvalue weighted by Gasteiger charge is 2.28. The number of hydrogen-bond donors (Lipinski definition) is 1. The fourth-order valence-electron chi connectivity index (χ4n) is 3.00. The summed E-state index contributed by atoms with van der Waals surface area (Å²) >= 11 is 0. The highest BCUT2D eigenvalue weighted by atomic mass is 19.1. The molecule has 2 aliphatic rings. The van der Waals surface area contributed by atoms with Crippen molar-refractivity contribution in [2.75, 3.05) is 38.1 Å². The van der Waals surface area contributed by atoms with Gasteiger partial charge in [-0.3, -0.25) is 4.90 Å². The molecule has 0 saturated carbocycles. The maximum absolute atomic E-state index is 14.3. The van der Waals surface area contributed by atoms with Crippen LogP contribution >= 0.6 is 0 Å². The van der Waals surface area contributed by atoms with Crippen LogP contribution in [0.2, 0.25) is 0 Å². The van der Waals surface area contributed by atoms with Gasteiger partial charge in [-0.25, -0.2) is 14.4 Å². The third kappa shape index (κ3) is 3.25. The largest absolute Gasteiger partial charge is 0.392 e. The van der Waals surface area contributed by atoms with Gasteiger partial charge in [0, 0.05) is 42.2 Å². The fraction of sp³-hybridized carbons (Fsp3) is 0.389. The van der Waals surface area contributed by atoms with Crippen LogP contribution in [-0.4, -0.2) is 65.0 Å². The molecule has 0 atom stereocenters. The zero-order valence-corrected chi connectivity index (χ0v) is 14.5. The first-order chi connectivity index (χ1) is 12.6. The van der Waals surface area contributed by atoms with Crippen LogP contribution in [0, 0.1) is 5.82 Å². The molecule has 0 bridgehead atoms. The Hall–Kier alpha value is -2.58. The molecule has 2 fully saturated rings. The van der Waals surface area contributed by atoms with Crippen LogP contribution in [0.15, 0.2) is 35.7 Å². The first-order valence-electron chi connectivity index (χ1n) is 8.49. The second-order valence-electron chi connectivity index (χ2n) is 6.67. The van der Waals surface area contributed by atoms with Crippen molar-refractivity contribution in [3.05, 3.63) is 42.0 Å². The van der Waals surface area contributed by atoms with Crippen molar-refractivity contribution in [2.24, 2.45) is 5.16 Å². The number of benzene rings is 1. The zero-order valence-electron chi connectivity index (χ0n) is 14.5. The molecule has 2 aliphatic heterocycles. The van der Waals surface area contributed by atoms with Crippen LogP contribution in [0.25, 0.3) is 11.1 Å². The fourth-order valence-corrected chi connectivity index (χ4v) is 3.00. The SMILES string of the molecule is CN1CC(ON=C2CN(c3ncc(-c4cccc(CO)c4F)cn3)C2)C1. The van der Waals surface area contributed by atoms with Crippen LogP contribution in [-0.2, 0) is 11.4 Å². The van der Waals surface area contributed by atoms with Gasteiger partial charge in [0.05, 0.1) is 25.4 Å². The molecule has 0 unspecified atom stereocenters. The summed E-state index contributed by atoms with van der Waals surface area (Å²) in [7, 11) is 2.05. The van der Waals surface area contributed by atoms with Crippen molar-refractivity contribution in [3.63, 3.8) is 0 Å². The van der Waals surface area contributed by atoms with Gasteiger partial charge in [0.1, 0.15) is 5.82 Å². The molecule has 2 aromatic rings. The number of likely N-dealkylation sites (tertiary alicyclic amines) is 1. The van der Waals surface area contributed by atoms with Gasteiger partial charge in [0.25, 0.3) is 0 Å². The summed E-state index contributed by atoms with van der Waals surface area (Å²) in [4.78, 5) is 18.3. The first kappa shape index (κ1) is 16.9. The van der Waals surface area contributed by atoms with Crippen LogP contribution in [0.5, 0.6) is 0 Å². The molecule has 26 heavy (non-hydrogen) atoms. The van der Waals surface area contributed by atoms with Gasteiger partial charge in [-0.05, 0) is 7.05 Å². The van der Waals surface area contributed by atoms with Gasteiger partial charge in [0.2, 0.25) is 5.95 Å². The number of aliphatic hydroxyl groups excluding tert-OH is 1. The monoisotopic (exact) mass is 357 g/mol. The van der Waals surface area contributed by atoms with E-state index in [0.717, 1.165) is 18.8 Å². The molecule has 0 aliphatic carbocycles. The number of oxime groups is 1. The zero-order chi connectivity index (χ0) is 18.1. The van der Waals surface area contributed by atoms with Crippen LogP contribution < -0.4 is 4.90 Å². The lowest BCUT2D eigenvalue weighted by molar-refractivity contribution is -0.0416. The number of aromatic nitrogens is 2. The van der Waals surface area contributed by atoms with E-state index < -0.39 is 5.82 Å². The van der Waals surface area contributed by atoms with Gasteiger partial charge in [-0.1, -0.05) is 23.4 Å². The van der Waals surface area contributed by atoms with E-state index in [1.54, 1.807) is 30.6 Å². The Morgan fingerprint density at radius 3 is 2.65 bits per heavy atom. The highest BCUT2D eigenvalue weighted by Crippen LogP contribution is 2.25. The topological polar surface area (TPSA) is 74.1 Å². The van der Waals surface area contributed by atoms with E-state index in [1.807, 2.05) is 11.9 Å². The molecule has 136 valence electrons. The average molecular weight is 357 g/mol. The van der Waals surface area contributed by atoms with Crippen molar-refractivity contribution < 1.29 is 14.3 Å². The molecule has 3 heterocycles. The number of halogens is 1. The van der Waals surface area contributed by atoms with Crippen molar-refractivity contribution in [1.29, 1.82) is 0 Å². The standard InChI is InChI=1S/C18H20FN5O2/c1-23-9-15(10-23)26-22-14-7-24(8-14)18-20-5-13(6-21-18)16-4-2-3-12(11-25)17(16)19/h2-6,15,25H,7-11H2,1H3. The Labute approximate surface area is 150 Å². The molecule has 0 spiro atoms. The lowest BCUT2D eigenvalue weighted by atomic mass is 10.1. The quantitative estimate of drug-likeness (QED) is 0.813. The minimum atomic E-state index is -0.441. The Balaban J connectivity index is 1.38. The second kappa shape index (κ2) is 6.97. The van der Waals surface area contributed by atoms with Crippen molar-refractivity contribution in [1.82, 2.24) is 14.9 Å². The third-order valence-electron chi connectivity index (χ3n) is 4.59. The number of anilines is 1. The second-order valence-corrected chi connectivity index (χ2v) is 6.67. The van der Waals surface area contributed by atoms with Crippen LogP contribution in [0.4, 0.5) is 10.3 Å². The maximum atomic E-state index is 14.3. The van der Waals surface area contributed by atoms with E-state index in [9.17, 15) is 9.50 Å². The molecule has 8 heteroatoms. The molecule has 7 nitrogen and oxygen atoms in total. The smallest absolute Gasteiger partial charge is 0.225 e. The molecular formula is C18H20FN5O2. The van der Waals surface area contributed by atoms with Crippen molar-refractivity contribution in [2.45, 2.75) is 12.7 Å². The molecule has 0 amide bonds. The molecule has 4 rings (SSSR count). The third-order valence-corrected chi connectivity index (χ3v) is 4.59. The highest BCUT2D eigenvalue weighted by molar-refractivity contribution is 5.98. The first-order valence-corrected chi connectivity index (χ1v) is 8.49. The number of hydrogen-bond acceptors (Lipinski definition) is 7. The minimum absolute atomic E-state index is 0.196. The van der Waals surface area contributed by atoms with Gasteiger partial charge in [-0.15, -0.1) is 0 Å². The van der Waals surface area contributed by atoms with Gasteiger partial charge in [-0.2, -0.15) is 0 Å². The molecular weight excluding hydrogens is 337 g/mol. The minimum Gasteiger partial charge on any atom is -0.392 e. The lowest BCUT2D eigenvalue weighted by Gasteiger charge is -2.36. The molecule has 1 N–H and O–H groups in total. The van der Waals surface area contributed by atoms with Crippen LogP contribution in [0.1, 0.15) is 5.56 Å². The van der Waals surface area contributed by atoms with Gasteiger partial charge < -0.3 is 14.8 Å². The predicted molar refractivity (Wildman–Crippen MR) is 95.4 cm³/mol. The molecule has 0 radical (unpaired) electrons. The molecule has 2 saturated heterocycles. The number of rotatable bonds is 5. The summed E-state index contributed by atoms with van der Waals surface area (Å²) in [5.74, 6) is 0.137. The summed E-state index contributed by atoms with van der Waals surface area (Å²) in [5, 5.41) is 13.4. The van der Waals surface area contributed by atoms with Gasteiger partial charge >= 0.3 is 0 Å². The summed E-state index contributed by atoms with van der Waals surface area (Å²) in [6.07, 6.45) is 3.39. The van der Waals surface area contributed by atoms with E-state index in [1.165, 1.54) is 0 Å². The lowest BCUT2D eigenvalue weighted by Crippen LogP contribution is -2.51. The Kier molecular flexibility index (Phi) is 4.52. The van der Waals surface area contributed by atoms with Crippen LogP contribution in [0.3, 0.4) is 0 Å². The van der Waals surface area contributed by atoms with E-state index in [-0.39, 0.29) is 18.3 Å². The number of likely N-dealkylation sites (N-methyl/N-ethyl adjacent to an activating group) is 1. The Morgan fingerprint density at radius 2 is 2.00 bits per heavy atom. The van der Waals surface area contributed by atoms with E-state index in [0.29, 0.717) is 30.2 Å². The summed E-state index contributed by atoms with van der Waals surface area (Å²) in [5.41, 5.74) is 2.18. The summed E-state index contributed by atoms with van der Waals surface area (Å²) < 4.78 is 14.3. The number of aliphatic hydroxyl groups is 1. The van der Waals surface area contributed by atoms with E-state index >= 15 is 0 Å². The van der Waals surface area contributed by atoms with Gasteiger partial charge in [0.15, 0.2) is 6.10 Å². The molecule has 1 aromatic heterocycles. The predicted octanol–water partition coefficient (Wildman–Crippen LogP) is 1.28. The molecule has 1 aromatic carbocycles.